The number of aliphatic hydroxyl groups excluding tert-OH is 1. The summed E-state index contributed by atoms with van der Waals surface area (Å²) in [6.07, 6.45) is 2.14. The monoisotopic (exact) mass is 187 g/mol. The molecule has 0 heterocycles. The summed E-state index contributed by atoms with van der Waals surface area (Å²) in [5, 5.41) is 9.70. The van der Waals surface area contributed by atoms with E-state index >= 15 is 0 Å². The minimum Gasteiger partial charge on any atom is -0.392 e. The molecule has 0 aliphatic heterocycles. The van der Waals surface area contributed by atoms with Crippen molar-refractivity contribution in [2.24, 2.45) is 5.92 Å². The number of rotatable bonds is 6. The Bertz CT molecular complexity index is 121. The highest BCUT2D eigenvalue weighted by Gasteiger charge is 2.16. The topological polar surface area (TPSA) is 23.5 Å². The molecule has 2 nitrogen and oxygen atoms in total. The van der Waals surface area contributed by atoms with E-state index in [2.05, 4.69) is 39.6 Å². The molecule has 1 N–H and O–H groups in total. The van der Waals surface area contributed by atoms with Crippen molar-refractivity contribution in [3.63, 3.8) is 0 Å². The fourth-order valence-electron chi connectivity index (χ4n) is 1.57. The highest BCUT2D eigenvalue weighted by Crippen LogP contribution is 2.09. The highest BCUT2D eigenvalue weighted by molar-refractivity contribution is 4.70. The van der Waals surface area contributed by atoms with Gasteiger partial charge in [-0.25, -0.2) is 0 Å². The molecule has 13 heavy (non-hydrogen) atoms. The van der Waals surface area contributed by atoms with Crippen LogP contribution in [0.15, 0.2) is 0 Å². The zero-order chi connectivity index (χ0) is 10.4. The first-order valence-corrected chi connectivity index (χ1v) is 5.41. The maximum absolute atomic E-state index is 9.70. The second-order valence-electron chi connectivity index (χ2n) is 4.22. The largest absolute Gasteiger partial charge is 0.392 e. The van der Waals surface area contributed by atoms with Gasteiger partial charge in [-0.3, -0.25) is 0 Å². The molecule has 1 atom stereocenters. The lowest BCUT2D eigenvalue weighted by Crippen LogP contribution is -2.38. The summed E-state index contributed by atoms with van der Waals surface area (Å²) >= 11 is 0. The van der Waals surface area contributed by atoms with Crippen LogP contribution in [0.25, 0.3) is 0 Å². The molecule has 0 aromatic carbocycles. The summed E-state index contributed by atoms with van der Waals surface area (Å²) in [5.74, 6) is 0.358. The van der Waals surface area contributed by atoms with Crippen LogP contribution in [0.3, 0.4) is 0 Å². The van der Waals surface area contributed by atoms with Crippen molar-refractivity contribution >= 4 is 0 Å². The van der Waals surface area contributed by atoms with Gasteiger partial charge < -0.3 is 10.0 Å². The Morgan fingerprint density at radius 3 is 1.92 bits per heavy atom. The average Bonchev–Trinajstić information content (AvgIpc) is 2.06. The number of hydrogen-bond acceptors (Lipinski definition) is 2. The molecular weight excluding hydrogens is 162 g/mol. The third-order valence-electron chi connectivity index (χ3n) is 2.81. The van der Waals surface area contributed by atoms with Gasteiger partial charge in [0.25, 0.3) is 0 Å². The van der Waals surface area contributed by atoms with Gasteiger partial charge in [-0.2, -0.15) is 0 Å². The Morgan fingerprint density at radius 2 is 1.62 bits per heavy atom. The van der Waals surface area contributed by atoms with Gasteiger partial charge in [0.2, 0.25) is 0 Å². The van der Waals surface area contributed by atoms with E-state index in [1.807, 2.05) is 0 Å². The SMILES string of the molecule is CCC(CC)N(C)CC(O)C(C)C. The van der Waals surface area contributed by atoms with Crippen LogP contribution in [0, 0.1) is 5.92 Å². The number of likely N-dealkylation sites (N-methyl/N-ethyl adjacent to an activating group) is 1. The van der Waals surface area contributed by atoms with Crippen LogP contribution in [0.1, 0.15) is 40.5 Å². The number of nitrogens with zero attached hydrogens (tertiary/aromatic N) is 1. The second-order valence-corrected chi connectivity index (χ2v) is 4.22. The molecular formula is C11H25NO. The quantitative estimate of drug-likeness (QED) is 0.688. The predicted molar refractivity (Wildman–Crippen MR) is 57.8 cm³/mol. The average molecular weight is 187 g/mol. The normalized spacial score (nSPS) is 14.5. The lowest BCUT2D eigenvalue weighted by Gasteiger charge is -2.29. The molecule has 0 bridgehead atoms. The lowest BCUT2D eigenvalue weighted by molar-refractivity contribution is 0.0683. The molecule has 0 aliphatic carbocycles. The summed E-state index contributed by atoms with van der Waals surface area (Å²) in [4.78, 5) is 2.27. The number of aliphatic hydroxyl groups is 1. The first-order valence-electron chi connectivity index (χ1n) is 5.41. The van der Waals surface area contributed by atoms with Crippen molar-refractivity contribution < 1.29 is 5.11 Å². The molecule has 0 saturated heterocycles. The Balaban J connectivity index is 3.89. The van der Waals surface area contributed by atoms with Gasteiger partial charge in [-0.15, -0.1) is 0 Å². The van der Waals surface area contributed by atoms with Gasteiger partial charge in [0.1, 0.15) is 0 Å². The minimum atomic E-state index is -0.189. The van der Waals surface area contributed by atoms with E-state index in [-0.39, 0.29) is 6.10 Å². The van der Waals surface area contributed by atoms with Gasteiger partial charge in [-0.05, 0) is 25.8 Å². The maximum Gasteiger partial charge on any atom is 0.0689 e. The van der Waals surface area contributed by atoms with E-state index in [1.165, 1.54) is 0 Å². The zero-order valence-electron chi connectivity index (χ0n) is 9.75. The Morgan fingerprint density at radius 1 is 1.15 bits per heavy atom. The molecule has 1 unspecified atom stereocenters. The molecule has 80 valence electrons. The molecule has 0 rings (SSSR count). The van der Waals surface area contributed by atoms with Gasteiger partial charge >= 0.3 is 0 Å². The maximum atomic E-state index is 9.70. The lowest BCUT2D eigenvalue weighted by atomic mass is 10.1. The molecule has 0 aliphatic rings. The van der Waals surface area contributed by atoms with Crippen molar-refractivity contribution in [3.05, 3.63) is 0 Å². The van der Waals surface area contributed by atoms with Crippen molar-refractivity contribution in [1.82, 2.24) is 4.90 Å². The Labute approximate surface area is 82.9 Å². The first-order chi connectivity index (χ1) is 6.02. The molecule has 0 saturated carbocycles. The van der Waals surface area contributed by atoms with E-state index in [1.54, 1.807) is 0 Å². The van der Waals surface area contributed by atoms with Crippen molar-refractivity contribution in [2.75, 3.05) is 13.6 Å². The molecule has 0 spiro atoms. The third-order valence-corrected chi connectivity index (χ3v) is 2.81. The standard InChI is InChI=1S/C11H25NO/c1-6-10(7-2)12(5)8-11(13)9(3)4/h9-11,13H,6-8H2,1-5H3. The fourth-order valence-corrected chi connectivity index (χ4v) is 1.57. The van der Waals surface area contributed by atoms with E-state index < -0.39 is 0 Å². The van der Waals surface area contributed by atoms with Crippen LogP contribution < -0.4 is 0 Å². The third kappa shape index (κ3) is 4.63. The molecule has 0 amide bonds. The Hall–Kier alpha value is -0.0800. The number of hydrogen-bond donors (Lipinski definition) is 1. The van der Waals surface area contributed by atoms with Crippen LogP contribution in [0.5, 0.6) is 0 Å². The van der Waals surface area contributed by atoms with E-state index in [0.717, 1.165) is 19.4 Å². The van der Waals surface area contributed by atoms with Gasteiger partial charge in [0.15, 0.2) is 0 Å². The molecule has 2 heteroatoms. The fraction of sp³-hybridized carbons (Fsp3) is 1.00. The van der Waals surface area contributed by atoms with Gasteiger partial charge in [-0.1, -0.05) is 27.7 Å². The van der Waals surface area contributed by atoms with E-state index in [4.69, 9.17) is 0 Å². The summed E-state index contributed by atoms with van der Waals surface area (Å²) < 4.78 is 0. The highest BCUT2D eigenvalue weighted by atomic mass is 16.3. The van der Waals surface area contributed by atoms with Gasteiger partial charge in [0.05, 0.1) is 6.10 Å². The first kappa shape index (κ1) is 12.9. The van der Waals surface area contributed by atoms with Crippen molar-refractivity contribution in [3.8, 4) is 0 Å². The van der Waals surface area contributed by atoms with Crippen molar-refractivity contribution in [2.45, 2.75) is 52.7 Å². The van der Waals surface area contributed by atoms with Crippen molar-refractivity contribution in [1.29, 1.82) is 0 Å². The van der Waals surface area contributed by atoms with E-state index in [0.29, 0.717) is 12.0 Å². The summed E-state index contributed by atoms with van der Waals surface area (Å²) in [5.41, 5.74) is 0. The molecule has 0 aromatic heterocycles. The van der Waals surface area contributed by atoms with Crippen LogP contribution >= 0.6 is 0 Å². The summed E-state index contributed by atoms with van der Waals surface area (Å²) in [7, 11) is 2.10. The van der Waals surface area contributed by atoms with Crippen LogP contribution in [0.4, 0.5) is 0 Å². The zero-order valence-corrected chi connectivity index (χ0v) is 9.75. The predicted octanol–water partition coefficient (Wildman–Crippen LogP) is 2.12. The van der Waals surface area contributed by atoms with Crippen LogP contribution in [-0.4, -0.2) is 35.7 Å². The summed E-state index contributed by atoms with van der Waals surface area (Å²) in [6.45, 7) is 9.32. The molecule has 0 aromatic rings. The molecule has 0 radical (unpaired) electrons. The smallest absolute Gasteiger partial charge is 0.0689 e. The van der Waals surface area contributed by atoms with Crippen LogP contribution in [-0.2, 0) is 0 Å². The Kier molecular flexibility index (Phi) is 6.35. The summed E-state index contributed by atoms with van der Waals surface area (Å²) in [6, 6.07) is 0.619. The molecule has 0 fully saturated rings. The second kappa shape index (κ2) is 6.39. The van der Waals surface area contributed by atoms with Crippen LogP contribution in [0.2, 0.25) is 0 Å². The van der Waals surface area contributed by atoms with E-state index in [9.17, 15) is 5.11 Å². The minimum absolute atomic E-state index is 0.189. The van der Waals surface area contributed by atoms with Gasteiger partial charge in [0, 0.05) is 12.6 Å².